The first kappa shape index (κ1) is 21.9. The second-order valence-corrected chi connectivity index (χ2v) is 8.46. The Bertz CT molecular complexity index is 955. The molecule has 170 valence electrons. The van der Waals surface area contributed by atoms with Gasteiger partial charge in [0.05, 0.1) is 18.9 Å². The minimum Gasteiger partial charge on any atom is -0.353 e. The highest BCUT2D eigenvalue weighted by molar-refractivity contribution is 5.97. The van der Waals surface area contributed by atoms with Gasteiger partial charge in [0.1, 0.15) is 0 Å². The van der Waals surface area contributed by atoms with Crippen molar-refractivity contribution in [1.29, 1.82) is 0 Å². The number of nitrogens with one attached hydrogen (secondary N) is 2. The normalized spacial score (nSPS) is 21.9. The zero-order valence-corrected chi connectivity index (χ0v) is 18.7. The fourth-order valence-corrected chi connectivity index (χ4v) is 4.37. The Morgan fingerprint density at radius 1 is 1.25 bits per heavy atom. The second kappa shape index (κ2) is 9.84. The Balaban J connectivity index is 1.34. The largest absolute Gasteiger partial charge is 0.353 e. The van der Waals surface area contributed by atoms with Crippen molar-refractivity contribution in [2.75, 3.05) is 39.8 Å². The summed E-state index contributed by atoms with van der Waals surface area (Å²) in [5.41, 5.74) is 1.66. The Morgan fingerprint density at radius 2 is 2.06 bits per heavy atom. The van der Waals surface area contributed by atoms with Gasteiger partial charge in [-0.25, -0.2) is 4.98 Å². The van der Waals surface area contributed by atoms with Gasteiger partial charge in [-0.3, -0.25) is 14.6 Å². The Hall–Kier alpha value is -3.36. The molecular formula is C23H31N7O2. The number of imidazole rings is 1. The molecular weight excluding hydrogens is 406 g/mol. The van der Waals surface area contributed by atoms with Gasteiger partial charge in [0, 0.05) is 57.7 Å². The number of nitrogens with zero attached hydrogens (tertiary/aromatic N) is 5. The summed E-state index contributed by atoms with van der Waals surface area (Å²) in [6.45, 7) is 5.91. The highest BCUT2D eigenvalue weighted by Gasteiger charge is 2.29. The van der Waals surface area contributed by atoms with Crippen LogP contribution in [0, 0.1) is 5.92 Å². The van der Waals surface area contributed by atoms with E-state index >= 15 is 0 Å². The molecule has 9 heteroatoms. The predicted molar refractivity (Wildman–Crippen MR) is 122 cm³/mol. The maximum Gasteiger partial charge on any atom is 0.254 e. The Kier molecular flexibility index (Phi) is 6.72. The van der Waals surface area contributed by atoms with E-state index in [-0.39, 0.29) is 18.4 Å². The van der Waals surface area contributed by atoms with Crippen molar-refractivity contribution < 1.29 is 9.59 Å². The van der Waals surface area contributed by atoms with Gasteiger partial charge in [-0.1, -0.05) is 19.1 Å². The van der Waals surface area contributed by atoms with Crippen LogP contribution < -0.4 is 10.6 Å². The fourth-order valence-electron chi connectivity index (χ4n) is 4.37. The van der Waals surface area contributed by atoms with Gasteiger partial charge < -0.3 is 25.0 Å². The van der Waals surface area contributed by atoms with Crippen molar-refractivity contribution in [3.05, 3.63) is 54.1 Å². The first-order chi connectivity index (χ1) is 15.5. The van der Waals surface area contributed by atoms with Crippen LogP contribution in [0.3, 0.4) is 0 Å². The predicted octanol–water partition coefficient (Wildman–Crippen LogP) is 1.11. The number of amides is 2. The smallest absolute Gasteiger partial charge is 0.254 e. The van der Waals surface area contributed by atoms with Gasteiger partial charge in [0.2, 0.25) is 5.91 Å². The van der Waals surface area contributed by atoms with E-state index in [4.69, 9.17) is 0 Å². The zero-order valence-electron chi connectivity index (χ0n) is 18.7. The van der Waals surface area contributed by atoms with Crippen LogP contribution in [0.25, 0.3) is 0 Å². The van der Waals surface area contributed by atoms with Crippen molar-refractivity contribution in [1.82, 2.24) is 30.0 Å². The molecule has 2 unspecified atom stereocenters. The van der Waals surface area contributed by atoms with Crippen molar-refractivity contribution in [2.24, 2.45) is 10.9 Å². The number of rotatable bonds is 4. The molecule has 0 aliphatic carbocycles. The molecule has 2 atom stereocenters. The average Bonchev–Trinajstić information content (AvgIpc) is 3.35. The van der Waals surface area contributed by atoms with E-state index in [2.05, 4.69) is 37.0 Å². The standard InChI is InChI=1S/C23H31N7O2/c1-17-7-10-29(14-20(17)30-11-8-25-16-30)23(24-2)27-13-18-3-5-19(6-4-18)22(32)28-12-9-26-21(31)15-28/h3-6,8,11,16-17,20H,7,9-10,12-15H2,1-2H3,(H,24,27)(H,26,31). The summed E-state index contributed by atoms with van der Waals surface area (Å²) >= 11 is 0. The van der Waals surface area contributed by atoms with Crippen LogP contribution in [-0.2, 0) is 11.3 Å². The molecule has 2 amide bonds. The summed E-state index contributed by atoms with van der Waals surface area (Å²) in [6.07, 6.45) is 6.84. The summed E-state index contributed by atoms with van der Waals surface area (Å²) in [6, 6.07) is 7.92. The summed E-state index contributed by atoms with van der Waals surface area (Å²) in [5, 5.41) is 6.20. The topological polar surface area (TPSA) is 94.9 Å². The van der Waals surface area contributed by atoms with Crippen LogP contribution in [0.2, 0.25) is 0 Å². The second-order valence-electron chi connectivity index (χ2n) is 8.46. The Morgan fingerprint density at radius 3 is 2.75 bits per heavy atom. The van der Waals surface area contributed by atoms with Gasteiger partial charge in [0.25, 0.3) is 5.91 Å². The van der Waals surface area contributed by atoms with E-state index in [1.807, 2.05) is 50.0 Å². The molecule has 2 N–H and O–H groups in total. The first-order valence-electron chi connectivity index (χ1n) is 11.1. The average molecular weight is 438 g/mol. The molecule has 4 rings (SSSR count). The van der Waals surface area contributed by atoms with E-state index in [1.54, 1.807) is 4.90 Å². The van der Waals surface area contributed by atoms with Crippen LogP contribution >= 0.6 is 0 Å². The Labute approximate surface area is 188 Å². The lowest BCUT2D eigenvalue weighted by molar-refractivity contribution is -0.123. The van der Waals surface area contributed by atoms with E-state index < -0.39 is 0 Å². The number of piperazine rings is 1. The summed E-state index contributed by atoms with van der Waals surface area (Å²) in [5.74, 6) is 1.23. The first-order valence-corrected chi connectivity index (χ1v) is 11.1. The third-order valence-electron chi connectivity index (χ3n) is 6.31. The van der Waals surface area contributed by atoms with Gasteiger partial charge in [-0.15, -0.1) is 0 Å². The molecule has 0 radical (unpaired) electrons. The van der Waals surface area contributed by atoms with Crippen molar-refractivity contribution in [2.45, 2.75) is 25.9 Å². The number of guanidine groups is 1. The number of carbonyl (C=O) groups is 2. The van der Waals surface area contributed by atoms with Crippen LogP contribution in [0.4, 0.5) is 0 Å². The number of benzene rings is 1. The molecule has 0 saturated carbocycles. The van der Waals surface area contributed by atoms with E-state index in [9.17, 15) is 9.59 Å². The molecule has 2 aromatic rings. The van der Waals surface area contributed by atoms with Crippen LogP contribution in [0.1, 0.15) is 35.3 Å². The number of piperidine rings is 1. The number of likely N-dealkylation sites (tertiary alicyclic amines) is 1. The monoisotopic (exact) mass is 437 g/mol. The summed E-state index contributed by atoms with van der Waals surface area (Å²) < 4.78 is 2.19. The SMILES string of the molecule is CN=C(NCc1ccc(C(=O)N2CCNC(=O)C2)cc1)N1CCC(C)C(n2ccnc2)C1. The van der Waals surface area contributed by atoms with Gasteiger partial charge in [-0.2, -0.15) is 0 Å². The van der Waals surface area contributed by atoms with Crippen LogP contribution in [0.5, 0.6) is 0 Å². The lowest BCUT2D eigenvalue weighted by Gasteiger charge is -2.39. The quantitative estimate of drug-likeness (QED) is 0.552. The lowest BCUT2D eigenvalue weighted by Crippen LogP contribution is -2.50. The molecule has 2 aliphatic heterocycles. The van der Waals surface area contributed by atoms with E-state index in [1.165, 1.54) is 0 Å². The number of hydrogen-bond donors (Lipinski definition) is 2. The molecule has 1 aromatic heterocycles. The molecule has 1 aromatic carbocycles. The maximum atomic E-state index is 12.6. The zero-order chi connectivity index (χ0) is 22.5. The molecule has 2 saturated heterocycles. The number of carbonyl (C=O) groups excluding carboxylic acids is 2. The third-order valence-corrected chi connectivity index (χ3v) is 6.31. The van der Waals surface area contributed by atoms with Crippen molar-refractivity contribution >= 4 is 17.8 Å². The molecule has 9 nitrogen and oxygen atoms in total. The van der Waals surface area contributed by atoms with Crippen LogP contribution in [0.15, 0.2) is 48.0 Å². The molecule has 2 aliphatic rings. The maximum absolute atomic E-state index is 12.6. The number of aromatic nitrogens is 2. The van der Waals surface area contributed by atoms with Gasteiger partial charge >= 0.3 is 0 Å². The van der Waals surface area contributed by atoms with E-state index in [0.29, 0.717) is 37.2 Å². The van der Waals surface area contributed by atoms with Gasteiger partial charge in [0.15, 0.2) is 5.96 Å². The molecule has 32 heavy (non-hydrogen) atoms. The van der Waals surface area contributed by atoms with Crippen molar-refractivity contribution in [3.8, 4) is 0 Å². The minimum atomic E-state index is -0.112. The van der Waals surface area contributed by atoms with Crippen molar-refractivity contribution in [3.63, 3.8) is 0 Å². The van der Waals surface area contributed by atoms with Gasteiger partial charge in [-0.05, 0) is 30.0 Å². The minimum absolute atomic E-state index is 0.108. The fraction of sp³-hybridized carbons (Fsp3) is 0.478. The highest BCUT2D eigenvalue weighted by atomic mass is 16.2. The summed E-state index contributed by atoms with van der Waals surface area (Å²) in [7, 11) is 1.81. The number of aliphatic imine (C=N–C) groups is 1. The molecule has 2 fully saturated rings. The summed E-state index contributed by atoms with van der Waals surface area (Å²) in [4.78, 5) is 36.7. The highest BCUT2D eigenvalue weighted by Crippen LogP contribution is 2.27. The molecule has 0 bridgehead atoms. The van der Waals surface area contributed by atoms with E-state index in [0.717, 1.165) is 31.0 Å². The molecule has 3 heterocycles. The lowest BCUT2D eigenvalue weighted by atomic mass is 9.93. The molecule has 0 spiro atoms. The third kappa shape index (κ3) is 4.92. The number of hydrogen-bond acceptors (Lipinski definition) is 4. The van der Waals surface area contributed by atoms with Crippen LogP contribution in [-0.4, -0.2) is 76.9 Å².